The van der Waals surface area contributed by atoms with E-state index in [4.69, 9.17) is 0 Å². The Labute approximate surface area is 220 Å². The highest BCUT2D eigenvalue weighted by Crippen LogP contribution is 2.23. The molecule has 2 aliphatic rings. The van der Waals surface area contributed by atoms with Gasteiger partial charge in [-0.15, -0.1) is 20.8 Å². The molecule has 192 valence electrons. The minimum absolute atomic E-state index is 0.0160. The maximum atomic E-state index is 13.8. The lowest BCUT2D eigenvalue weighted by Crippen LogP contribution is -2.14. The molecule has 0 fully saturated rings. The standard InChI is InChI=1S/C26H30BFN6O2S/c27-20-10-4-1-7-17(20)15-24(36)30-26-34-33-25(37-26)12-6-3-9-19-13-14-22(32-31-19)29-23(35)16-18-8-2-5-11-21(18)28/h1-2,7-8,13-14H,3-6,9-12,15-16,27H2,(H,29,32,35)(H,30,34,36). The summed E-state index contributed by atoms with van der Waals surface area (Å²) in [6, 6.07) is 3.54. The number of nitrogens with zero attached hydrogens (tertiary/aromatic N) is 4. The van der Waals surface area contributed by atoms with E-state index in [2.05, 4.69) is 45.0 Å². The van der Waals surface area contributed by atoms with Crippen molar-refractivity contribution in [3.8, 4) is 0 Å². The van der Waals surface area contributed by atoms with E-state index in [0.29, 0.717) is 35.8 Å². The lowest BCUT2D eigenvalue weighted by atomic mass is 9.82. The van der Waals surface area contributed by atoms with Crippen molar-refractivity contribution in [2.45, 2.75) is 64.2 Å². The van der Waals surface area contributed by atoms with Gasteiger partial charge in [-0.25, -0.2) is 4.39 Å². The Morgan fingerprint density at radius 3 is 2.38 bits per heavy atom. The Morgan fingerprint density at radius 2 is 1.62 bits per heavy atom. The second-order valence-corrected chi connectivity index (χ2v) is 10.2. The molecule has 0 atom stereocenters. The highest BCUT2D eigenvalue weighted by atomic mass is 32.1. The third-order valence-corrected chi connectivity index (χ3v) is 7.13. The van der Waals surface area contributed by atoms with Gasteiger partial charge in [-0.2, -0.15) is 5.10 Å². The second kappa shape index (κ2) is 13.2. The van der Waals surface area contributed by atoms with Crippen molar-refractivity contribution >= 4 is 41.9 Å². The molecule has 2 N–H and O–H groups in total. The number of allylic oxidation sites excluding steroid dienone is 6. The first-order valence-electron chi connectivity index (χ1n) is 12.6. The van der Waals surface area contributed by atoms with Gasteiger partial charge in [0.05, 0.1) is 18.5 Å². The Hall–Kier alpha value is -3.47. The fraction of sp³-hybridized carbons (Fsp3) is 0.385. The van der Waals surface area contributed by atoms with Crippen LogP contribution in [0.5, 0.6) is 0 Å². The molecule has 4 rings (SSSR count). The van der Waals surface area contributed by atoms with E-state index in [0.717, 1.165) is 54.8 Å². The molecule has 0 aliphatic heterocycles. The van der Waals surface area contributed by atoms with Crippen molar-refractivity contribution in [3.63, 3.8) is 0 Å². The van der Waals surface area contributed by atoms with Crippen LogP contribution >= 0.6 is 11.3 Å². The Morgan fingerprint density at radius 1 is 0.892 bits per heavy atom. The van der Waals surface area contributed by atoms with E-state index in [1.807, 2.05) is 18.2 Å². The van der Waals surface area contributed by atoms with Gasteiger partial charge in [0.2, 0.25) is 16.9 Å². The summed E-state index contributed by atoms with van der Waals surface area (Å²) in [6.45, 7) is 0. The Bertz CT molecular complexity index is 1250. The van der Waals surface area contributed by atoms with Crippen molar-refractivity contribution in [1.82, 2.24) is 20.4 Å². The molecule has 0 unspecified atom stereocenters. The van der Waals surface area contributed by atoms with E-state index in [9.17, 15) is 14.0 Å². The van der Waals surface area contributed by atoms with E-state index < -0.39 is 0 Å². The van der Waals surface area contributed by atoms with Crippen molar-refractivity contribution in [2.75, 3.05) is 10.6 Å². The van der Waals surface area contributed by atoms with Crippen LogP contribution in [-0.4, -0.2) is 40.1 Å². The number of nitrogens with one attached hydrogen (secondary N) is 2. The summed E-state index contributed by atoms with van der Waals surface area (Å²) in [4.78, 5) is 24.5. The van der Waals surface area contributed by atoms with E-state index in [-0.39, 0.29) is 24.1 Å². The zero-order chi connectivity index (χ0) is 26.0. The normalized spacial score (nSPS) is 15.3. The summed E-state index contributed by atoms with van der Waals surface area (Å²) < 4.78 is 13.8. The lowest BCUT2D eigenvalue weighted by molar-refractivity contribution is -0.116. The number of aryl methyl sites for hydroxylation is 2. The topological polar surface area (TPSA) is 110 Å². The zero-order valence-corrected chi connectivity index (χ0v) is 21.7. The molecule has 0 radical (unpaired) electrons. The van der Waals surface area contributed by atoms with Gasteiger partial charge in [-0.05, 0) is 61.8 Å². The third-order valence-electron chi connectivity index (χ3n) is 6.23. The number of hydrogen-bond acceptors (Lipinski definition) is 7. The van der Waals surface area contributed by atoms with E-state index in [1.54, 1.807) is 12.1 Å². The maximum absolute atomic E-state index is 13.8. The molecular formula is C26H30BFN6O2S. The van der Waals surface area contributed by atoms with E-state index in [1.165, 1.54) is 16.8 Å². The highest BCUT2D eigenvalue weighted by molar-refractivity contribution is 7.15. The molecule has 2 aliphatic carbocycles. The molecule has 2 aromatic rings. The predicted molar refractivity (Wildman–Crippen MR) is 146 cm³/mol. The SMILES string of the molecule is BC1=C(CC(=O)Nc2nnc(CCCCc3ccc(NC(=O)CC4=C(F)CCC=C4)nn3)s2)C=CCC1. The fourth-order valence-corrected chi connectivity index (χ4v) is 4.92. The molecule has 2 amide bonds. The molecule has 37 heavy (non-hydrogen) atoms. The smallest absolute Gasteiger partial charge is 0.230 e. The Kier molecular flexibility index (Phi) is 9.48. The first-order chi connectivity index (χ1) is 18.0. The quantitative estimate of drug-likeness (QED) is 0.337. The van der Waals surface area contributed by atoms with Gasteiger partial charge in [0.1, 0.15) is 18.7 Å². The molecule has 2 heterocycles. The van der Waals surface area contributed by atoms with Crippen LogP contribution in [0.3, 0.4) is 0 Å². The molecule has 0 saturated carbocycles. The first kappa shape index (κ1) is 26.6. The summed E-state index contributed by atoms with van der Waals surface area (Å²) in [5, 5.41) is 23.5. The number of amides is 2. The van der Waals surface area contributed by atoms with Gasteiger partial charge in [0, 0.05) is 12.8 Å². The minimum atomic E-state index is -0.315. The van der Waals surface area contributed by atoms with Crippen molar-refractivity contribution < 1.29 is 14.0 Å². The van der Waals surface area contributed by atoms with Crippen LogP contribution in [-0.2, 0) is 22.4 Å². The van der Waals surface area contributed by atoms with Gasteiger partial charge >= 0.3 is 0 Å². The number of rotatable bonds is 11. The number of unbranched alkanes of at least 4 members (excludes halogenated alkanes) is 1. The van der Waals surface area contributed by atoms with Gasteiger partial charge in [0.15, 0.2) is 5.82 Å². The van der Waals surface area contributed by atoms with Crippen LogP contribution in [0.4, 0.5) is 15.3 Å². The summed E-state index contributed by atoms with van der Waals surface area (Å²) >= 11 is 1.40. The molecule has 0 bridgehead atoms. The number of carbonyl (C=O) groups is 2. The number of aromatic nitrogens is 4. The third kappa shape index (κ3) is 8.28. The van der Waals surface area contributed by atoms with Crippen LogP contribution in [0.25, 0.3) is 0 Å². The van der Waals surface area contributed by atoms with Gasteiger partial charge in [-0.1, -0.05) is 35.6 Å². The molecule has 0 saturated heterocycles. The lowest BCUT2D eigenvalue weighted by Gasteiger charge is -2.11. The molecular weight excluding hydrogens is 490 g/mol. The van der Waals surface area contributed by atoms with Crippen molar-refractivity contribution in [2.24, 2.45) is 0 Å². The molecule has 8 nitrogen and oxygen atoms in total. The number of anilines is 2. The van der Waals surface area contributed by atoms with Gasteiger partial charge in [0.25, 0.3) is 0 Å². The predicted octanol–water partition coefficient (Wildman–Crippen LogP) is 4.36. The summed E-state index contributed by atoms with van der Waals surface area (Å²) in [7, 11) is 2.07. The molecule has 2 aromatic heterocycles. The van der Waals surface area contributed by atoms with E-state index >= 15 is 0 Å². The van der Waals surface area contributed by atoms with Crippen LogP contribution in [0.1, 0.15) is 62.1 Å². The molecule has 0 spiro atoms. The summed E-state index contributed by atoms with van der Waals surface area (Å²) in [5.41, 5.74) is 3.59. The van der Waals surface area contributed by atoms with Gasteiger partial charge < -0.3 is 10.6 Å². The summed E-state index contributed by atoms with van der Waals surface area (Å²) in [6.07, 6.45) is 14.4. The zero-order valence-electron chi connectivity index (χ0n) is 20.9. The first-order valence-corrected chi connectivity index (χ1v) is 13.4. The Balaban J connectivity index is 1.15. The van der Waals surface area contributed by atoms with Crippen LogP contribution in [0, 0.1) is 0 Å². The van der Waals surface area contributed by atoms with Gasteiger partial charge in [-0.3, -0.25) is 9.59 Å². The molecule has 0 aromatic carbocycles. The summed E-state index contributed by atoms with van der Waals surface area (Å²) in [5.74, 6) is -0.265. The van der Waals surface area contributed by atoms with Crippen LogP contribution in [0.2, 0.25) is 0 Å². The average molecular weight is 520 g/mol. The number of hydrogen-bond donors (Lipinski definition) is 2. The highest BCUT2D eigenvalue weighted by Gasteiger charge is 2.14. The number of halogens is 1. The number of carbonyl (C=O) groups excluding carboxylic acids is 2. The second-order valence-electron chi connectivity index (χ2n) is 9.19. The van der Waals surface area contributed by atoms with Crippen LogP contribution in [0.15, 0.2) is 58.9 Å². The largest absolute Gasteiger partial charge is 0.309 e. The fourth-order valence-electron chi connectivity index (χ4n) is 4.12. The average Bonchev–Trinajstić information content (AvgIpc) is 3.32. The monoisotopic (exact) mass is 520 g/mol. The minimum Gasteiger partial charge on any atom is -0.309 e. The van der Waals surface area contributed by atoms with Crippen molar-refractivity contribution in [3.05, 3.63) is 69.6 Å². The van der Waals surface area contributed by atoms with Crippen molar-refractivity contribution in [1.29, 1.82) is 0 Å². The maximum Gasteiger partial charge on any atom is 0.230 e. The van der Waals surface area contributed by atoms with Crippen LogP contribution < -0.4 is 10.6 Å². The molecule has 11 heteroatoms.